The van der Waals surface area contributed by atoms with Crippen LogP contribution in [0.4, 0.5) is 11.4 Å². The maximum Gasteiger partial charge on any atom is 0.375 e. The number of hydrogen-bond acceptors (Lipinski definition) is 6. The minimum absolute atomic E-state index is 0.103. The van der Waals surface area contributed by atoms with E-state index in [0.717, 1.165) is 11.4 Å². The summed E-state index contributed by atoms with van der Waals surface area (Å²) in [7, 11) is -3.77. The van der Waals surface area contributed by atoms with Crippen molar-refractivity contribution in [3.63, 3.8) is 0 Å². The number of hydrogen-bond donors (Lipinski definition) is 2. The highest BCUT2D eigenvalue weighted by Gasteiger charge is 2.33. The first-order chi connectivity index (χ1) is 12.6. The molecule has 0 aliphatic heterocycles. The van der Waals surface area contributed by atoms with Crippen LogP contribution < -0.4 is 10.6 Å². The third kappa shape index (κ3) is 5.21. The van der Waals surface area contributed by atoms with E-state index in [9.17, 15) is 9.83 Å². The first-order valence-electron chi connectivity index (χ1n) is 8.31. The lowest BCUT2D eigenvalue weighted by molar-refractivity contribution is 0.227. The lowest BCUT2D eigenvalue weighted by Gasteiger charge is -2.21. The minimum Gasteiger partial charge on any atom is -0.340 e. The molecule has 0 saturated heterocycles. The molecule has 0 aromatic heterocycles. The van der Waals surface area contributed by atoms with Crippen molar-refractivity contribution in [3.8, 4) is 6.07 Å². The Morgan fingerprint density at radius 3 is 1.69 bits per heavy atom. The number of anilines is 2. The maximum absolute atomic E-state index is 13.2. The lowest BCUT2D eigenvalue weighted by Crippen LogP contribution is -2.14. The molecule has 2 N–H and O–H groups in total. The van der Waals surface area contributed by atoms with E-state index in [2.05, 4.69) is 10.6 Å². The van der Waals surface area contributed by atoms with Crippen molar-refractivity contribution in [1.82, 2.24) is 0 Å². The van der Waals surface area contributed by atoms with Gasteiger partial charge in [0.25, 0.3) is 0 Å². The highest BCUT2D eigenvalue weighted by atomic mass is 31.2. The van der Waals surface area contributed by atoms with Crippen LogP contribution >= 0.6 is 7.60 Å². The normalized spacial score (nSPS) is 10.7. The van der Waals surface area contributed by atoms with E-state index in [1.165, 1.54) is 0 Å². The number of allylic oxidation sites excluding steroid dienone is 1. The standard InChI is InChI=1S/C19H22N3O3P/c1-3-24-26(23,25-4-2)18(15-20)19(21-16-11-7-5-8-12-16)22-17-13-9-6-10-14-17/h5-14,21-22H,3-4H2,1-2H3. The van der Waals surface area contributed by atoms with Crippen LogP contribution in [0.5, 0.6) is 0 Å². The van der Waals surface area contributed by atoms with E-state index in [1.54, 1.807) is 13.8 Å². The van der Waals surface area contributed by atoms with Crippen molar-refractivity contribution in [3.05, 3.63) is 71.8 Å². The molecule has 2 aromatic carbocycles. The summed E-state index contributed by atoms with van der Waals surface area (Å²) in [5.74, 6) is 0.259. The fourth-order valence-electron chi connectivity index (χ4n) is 2.24. The van der Waals surface area contributed by atoms with Gasteiger partial charge < -0.3 is 19.7 Å². The molecule has 0 bridgehead atoms. The van der Waals surface area contributed by atoms with Gasteiger partial charge in [-0.05, 0) is 38.1 Å². The first kappa shape index (κ1) is 19.7. The van der Waals surface area contributed by atoms with E-state index in [4.69, 9.17) is 9.05 Å². The summed E-state index contributed by atoms with van der Waals surface area (Å²) in [6.07, 6.45) is 0. The fraction of sp³-hybridized carbons (Fsp3) is 0.211. The van der Waals surface area contributed by atoms with Crippen LogP contribution in [0, 0.1) is 11.3 Å². The predicted octanol–water partition coefficient (Wildman–Crippen LogP) is 5.17. The summed E-state index contributed by atoms with van der Waals surface area (Å²) in [5, 5.41) is 15.8. The summed E-state index contributed by atoms with van der Waals surface area (Å²) >= 11 is 0. The quantitative estimate of drug-likeness (QED) is 0.467. The number of rotatable bonds is 9. The van der Waals surface area contributed by atoms with Crippen molar-refractivity contribution in [2.24, 2.45) is 0 Å². The molecule has 6 nitrogen and oxygen atoms in total. The van der Waals surface area contributed by atoms with Crippen LogP contribution in [0.25, 0.3) is 0 Å². The zero-order chi connectivity index (χ0) is 18.8. The molecule has 136 valence electrons. The molecular weight excluding hydrogens is 349 g/mol. The van der Waals surface area contributed by atoms with Crippen LogP contribution in [-0.2, 0) is 13.6 Å². The molecule has 0 atom stereocenters. The second-order valence-electron chi connectivity index (χ2n) is 5.15. The summed E-state index contributed by atoms with van der Waals surface area (Å²) < 4.78 is 23.9. The van der Waals surface area contributed by atoms with Crippen molar-refractivity contribution < 1.29 is 13.6 Å². The Kier molecular flexibility index (Phi) is 7.43. The zero-order valence-electron chi connectivity index (χ0n) is 14.8. The van der Waals surface area contributed by atoms with Gasteiger partial charge in [0.15, 0.2) is 5.31 Å². The molecule has 26 heavy (non-hydrogen) atoms. The average molecular weight is 371 g/mol. The van der Waals surface area contributed by atoms with Crippen LogP contribution in [0.3, 0.4) is 0 Å². The molecule has 0 radical (unpaired) electrons. The third-order valence-corrected chi connectivity index (χ3v) is 5.37. The number of para-hydroxylation sites is 2. The van der Waals surface area contributed by atoms with E-state index < -0.39 is 7.60 Å². The molecule has 0 saturated carbocycles. The van der Waals surface area contributed by atoms with E-state index >= 15 is 0 Å². The molecule has 0 fully saturated rings. The van der Waals surface area contributed by atoms with Gasteiger partial charge in [-0.25, -0.2) is 0 Å². The second kappa shape index (κ2) is 9.79. The SMILES string of the molecule is CCOP(=O)(OCC)C(C#N)=C(Nc1ccccc1)Nc1ccccc1. The molecule has 2 aromatic rings. The van der Waals surface area contributed by atoms with Crippen molar-refractivity contribution in [1.29, 1.82) is 5.26 Å². The van der Waals surface area contributed by atoms with Crippen LogP contribution in [0.2, 0.25) is 0 Å². The van der Waals surface area contributed by atoms with Gasteiger partial charge in [-0.3, -0.25) is 4.57 Å². The van der Waals surface area contributed by atoms with Gasteiger partial charge in [-0.2, -0.15) is 5.26 Å². The van der Waals surface area contributed by atoms with Crippen LogP contribution in [-0.4, -0.2) is 13.2 Å². The number of nitriles is 1. The Bertz CT molecular complexity index is 763. The van der Waals surface area contributed by atoms with Gasteiger partial charge in [0, 0.05) is 11.4 Å². The van der Waals surface area contributed by atoms with E-state index in [0.29, 0.717) is 0 Å². The van der Waals surface area contributed by atoms with Crippen molar-refractivity contribution in [2.75, 3.05) is 23.8 Å². The van der Waals surface area contributed by atoms with Gasteiger partial charge in [0.2, 0.25) is 0 Å². The van der Waals surface area contributed by atoms with E-state index in [-0.39, 0.29) is 24.3 Å². The fourth-order valence-corrected chi connectivity index (χ4v) is 3.76. The van der Waals surface area contributed by atoms with Gasteiger partial charge in [-0.1, -0.05) is 36.4 Å². The molecule has 0 heterocycles. The largest absolute Gasteiger partial charge is 0.375 e. The Labute approximate surface area is 154 Å². The maximum atomic E-state index is 13.2. The molecule has 0 amide bonds. The highest BCUT2D eigenvalue weighted by Crippen LogP contribution is 2.56. The predicted molar refractivity (Wildman–Crippen MR) is 104 cm³/mol. The molecule has 0 aliphatic rings. The van der Waals surface area contributed by atoms with Gasteiger partial charge >= 0.3 is 7.60 Å². The second-order valence-corrected chi connectivity index (χ2v) is 7.11. The van der Waals surface area contributed by atoms with Crippen molar-refractivity contribution in [2.45, 2.75) is 13.8 Å². The molecule has 7 heteroatoms. The number of nitrogens with zero attached hydrogens (tertiary/aromatic N) is 1. The first-order valence-corrected chi connectivity index (χ1v) is 9.85. The summed E-state index contributed by atoms with van der Waals surface area (Å²) in [4.78, 5) is 0. The summed E-state index contributed by atoms with van der Waals surface area (Å²) in [5.41, 5.74) is 1.47. The molecule has 0 spiro atoms. The Morgan fingerprint density at radius 1 is 0.923 bits per heavy atom. The van der Waals surface area contributed by atoms with Crippen molar-refractivity contribution >= 4 is 19.0 Å². The number of benzene rings is 2. The van der Waals surface area contributed by atoms with Gasteiger partial charge in [0.1, 0.15) is 11.9 Å². The third-order valence-electron chi connectivity index (χ3n) is 3.30. The van der Waals surface area contributed by atoms with Crippen LogP contribution in [0.15, 0.2) is 71.8 Å². The summed E-state index contributed by atoms with van der Waals surface area (Å²) in [6.45, 7) is 3.73. The summed E-state index contributed by atoms with van der Waals surface area (Å²) in [6, 6.07) is 20.6. The average Bonchev–Trinajstić information content (AvgIpc) is 2.64. The van der Waals surface area contributed by atoms with E-state index in [1.807, 2.05) is 66.7 Å². The molecular formula is C19H22N3O3P. The zero-order valence-corrected chi connectivity index (χ0v) is 15.7. The molecule has 0 unspecified atom stereocenters. The van der Waals surface area contributed by atoms with Crippen LogP contribution in [0.1, 0.15) is 13.8 Å². The Morgan fingerprint density at radius 2 is 1.35 bits per heavy atom. The molecule has 0 aliphatic carbocycles. The minimum atomic E-state index is -3.77. The van der Waals surface area contributed by atoms with Gasteiger partial charge in [-0.15, -0.1) is 0 Å². The lowest BCUT2D eigenvalue weighted by atomic mass is 10.3. The molecule has 2 rings (SSSR count). The van der Waals surface area contributed by atoms with Gasteiger partial charge in [0.05, 0.1) is 13.2 Å². The Balaban J connectivity index is 2.51. The Hall–Kier alpha value is -2.58. The smallest absolute Gasteiger partial charge is 0.340 e. The topological polar surface area (TPSA) is 83.4 Å². The number of nitrogens with one attached hydrogen (secondary N) is 2. The monoisotopic (exact) mass is 371 g/mol. The highest BCUT2D eigenvalue weighted by molar-refractivity contribution is 7.59.